The van der Waals surface area contributed by atoms with Gasteiger partial charge in [-0.05, 0) is 44.6 Å². The first kappa shape index (κ1) is 18.6. The molecule has 136 valence electrons. The van der Waals surface area contributed by atoms with Crippen LogP contribution in [0.2, 0.25) is 0 Å². The van der Waals surface area contributed by atoms with Crippen molar-refractivity contribution >= 4 is 6.03 Å². The van der Waals surface area contributed by atoms with Gasteiger partial charge in [-0.3, -0.25) is 9.91 Å². The van der Waals surface area contributed by atoms with Gasteiger partial charge in [-0.1, -0.05) is 0 Å². The SMILES string of the molecule is CN(C)C(=O)N(N=O)C1CCC(CCN2CCN(N=O)CC2)CC1. The van der Waals surface area contributed by atoms with Crippen LogP contribution in [0.5, 0.6) is 0 Å². The van der Waals surface area contributed by atoms with Crippen LogP contribution in [-0.4, -0.2) is 78.7 Å². The van der Waals surface area contributed by atoms with E-state index in [4.69, 9.17) is 0 Å². The molecule has 0 bridgehead atoms. The predicted octanol–water partition coefficient (Wildman–Crippen LogP) is 1.90. The average molecular weight is 340 g/mol. The number of hydrogen-bond donors (Lipinski definition) is 0. The Kier molecular flexibility index (Phi) is 6.89. The topological polar surface area (TPSA) is 88.9 Å². The smallest absolute Gasteiger partial charge is 0.329 e. The molecule has 9 heteroatoms. The summed E-state index contributed by atoms with van der Waals surface area (Å²) in [5, 5.41) is 8.59. The second-order valence-corrected chi connectivity index (χ2v) is 6.94. The van der Waals surface area contributed by atoms with Crippen molar-refractivity contribution in [3.05, 3.63) is 9.81 Å². The van der Waals surface area contributed by atoms with Gasteiger partial charge in [0.2, 0.25) is 0 Å². The summed E-state index contributed by atoms with van der Waals surface area (Å²) in [5.41, 5.74) is 0. The Hall–Kier alpha value is -1.77. The summed E-state index contributed by atoms with van der Waals surface area (Å²) in [4.78, 5) is 37.2. The van der Waals surface area contributed by atoms with Crippen molar-refractivity contribution in [1.29, 1.82) is 0 Å². The molecular weight excluding hydrogens is 312 g/mol. The van der Waals surface area contributed by atoms with E-state index in [2.05, 4.69) is 15.5 Å². The molecule has 0 N–H and O–H groups in total. The molecule has 1 aliphatic carbocycles. The molecule has 0 aromatic rings. The normalized spacial score (nSPS) is 25.2. The van der Waals surface area contributed by atoms with E-state index in [9.17, 15) is 14.6 Å². The second kappa shape index (κ2) is 8.91. The van der Waals surface area contributed by atoms with E-state index in [0.717, 1.165) is 56.7 Å². The number of nitroso groups, excluding NO2 is 2. The van der Waals surface area contributed by atoms with Crippen molar-refractivity contribution in [3.63, 3.8) is 0 Å². The highest BCUT2D eigenvalue weighted by Crippen LogP contribution is 2.30. The van der Waals surface area contributed by atoms with E-state index in [1.807, 2.05) is 0 Å². The molecule has 1 saturated carbocycles. The minimum Gasteiger partial charge on any atom is -0.329 e. The maximum Gasteiger partial charge on any atom is 0.342 e. The third-order valence-electron chi connectivity index (χ3n) is 5.15. The third kappa shape index (κ3) is 4.86. The molecule has 0 aromatic carbocycles. The highest BCUT2D eigenvalue weighted by atomic mass is 16.3. The van der Waals surface area contributed by atoms with Crippen molar-refractivity contribution in [3.8, 4) is 0 Å². The summed E-state index contributed by atoms with van der Waals surface area (Å²) < 4.78 is 0. The Morgan fingerprint density at radius 1 is 1.04 bits per heavy atom. The van der Waals surface area contributed by atoms with Gasteiger partial charge >= 0.3 is 6.03 Å². The zero-order chi connectivity index (χ0) is 17.5. The number of rotatable bonds is 6. The molecule has 1 saturated heterocycles. The standard InChI is InChI=1S/C15H28N6O3/c1-18(2)15(22)21(17-24)14-5-3-13(4-6-14)7-8-19-9-11-20(16-23)12-10-19/h13-14H,3-12H2,1-2H3. The molecular formula is C15H28N6O3. The fraction of sp³-hybridized carbons (Fsp3) is 0.933. The summed E-state index contributed by atoms with van der Waals surface area (Å²) in [5.74, 6) is 0.631. The van der Waals surface area contributed by atoms with Crippen LogP contribution in [-0.2, 0) is 0 Å². The summed E-state index contributed by atoms with van der Waals surface area (Å²) in [6.07, 6.45) is 4.83. The molecule has 9 nitrogen and oxygen atoms in total. The first-order valence-electron chi connectivity index (χ1n) is 8.69. The number of nitrogens with zero attached hydrogens (tertiary/aromatic N) is 6. The molecule has 2 amide bonds. The zero-order valence-electron chi connectivity index (χ0n) is 14.6. The number of carbonyl (C=O) groups excluding carboxylic acids is 1. The van der Waals surface area contributed by atoms with E-state index in [0.29, 0.717) is 19.0 Å². The van der Waals surface area contributed by atoms with Gasteiger partial charge in [0.15, 0.2) is 0 Å². The van der Waals surface area contributed by atoms with Crippen molar-refractivity contribution in [2.45, 2.75) is 38.1 Å². The zero-order valence-corrected chi connectivity index (χ0v) is 14.6. The Bertz CT molecular complexity index is 431. The number of hydrogen-bond acceptors (Lipinski definition) is 6. The van der Waals surface area contributed by atoms with E-state index in [1.165, 1.54) is 4.90 Å². The van der Waals surface area contributed by atoms with Gasteiger partial charge in [0.1, 0.15) is 0 Å². The molecule has 0 spiro atoms. The second-order valence-electron chi connectivity index (χ2n) is 6.94. The quantitative estimate of drug-likeness (QED) is 0.544. The van der Waals surface area contributed by atoms with Crippen LogP contribution in [0, 0.1) is 15.7 Å². The van der Waals surface area contributed by atoms with Gasteiger partial charge in [-0.2, -0.15) is 5.01 Å². The van der Waals surface area contributed by atoms with Gasteiger partial charge in [0.25, 0.3) is 0 Å². The van der Waals surface area contributed by atoms with E-state index in [-0.39, 0.29) is 12.1 Å². The lowest BCUT2D eigenvalue weighted by Crippen LogP contribution is -2.45. The van der Waals surface area contributed by atoms with E-state index >= 15 is 0 Å². The van der Waals surface area contributed by atoms with Crippen LogP contribution in [0.1, 0.15) is 32.1 Å². The first-order valence-corrected chi connectivity index (χ1v) is 8.69. The lowest BCUT2D eigenvalue weighted by molar-refractivity contribution is 0.109. The lowest BCUT2D eigenvalue weighted by Gasteiger charge is -2.35. The predicted molar refractivity (Wildman–Crippen MR) is 90.9 cm³/mol. The fourth-order valence-electron chi connectivity index (χ4n) is 3.55. The van der Waals surface area contributed by atoms with Gasteiger partial charge in [0, 0.05) is 27.2 Å². The van der Waals surface area contributed by atoms with E-state index in [1.54, 1.807) is 19.1 Å². The summed E-state index contributed by atoms with van der Waals surface area (Å²) >= 11 is 0. The number of urea groups is 1. The monoisotopic (exact) mass is 340 g/mol. The Labute approximate surface area is 142 Å². The third-order valence-corrected chi connectivity index (χ3v) is 5.15. The first-order chi connectivity index (χ1) is 11.5. The van der Waals surface area contributed by atoms with Crippen LogP contribution in [0.25, 0.3) is 0 Å². The number of amides is 2. The highest BCUT2D eigenvalue weighted by Gasteiger charge is 2.31. The van der Waals surface area contributed by atoms with Crippen LogP contribution in [0.15, 0.2) is 10.6 Å². The van der Waals surface area contributed by atoms with Crippen LogP contribution in [0.3, 0.4) is 0 Å². The minimum atomic E-state index is -0.338. The molecule has 1 heterocycles. The molecule has 1 aliphatic heterocycles. The summed E-state index contributed by atoms with van der Waals surface area (Å²) in [6, 6.07) is -0.411. The molecule has 0 aromatic heterocycles. The molecule has 0 radical (unpaired) electrons. The summed E-state index contributed by atoms with van der Waals surface area (Å²) in [7, 11) is 3.26. The van der Waals surface area contributed by atoms with Gasteiger partial charge in [0.05, 0.1) is 29.7 Å². The molecule has 2 fully saturated rings. The molecule has 0 unspecified atom stereocenters. The Balaban J connectivity index is 1.70. The largest absolute Gasteiger partial charge is 0.342 e. The van der Waals surface area contributed by atoms with Crippen molar-refractivity contribution < 1.29 is 4.79 Å². The number of carbonyl (C=O) groups is 1. The molecule has 0 atom stereocenters. The Morgan fingerprint density at radius 3 is 2.17 bits per heavy atom. The molecule has 24 heavy (non-hydrogen) atoms. The van der Waals surface area contributed by atoms with Crippen molar-refractivity contribution in [1.82, 2.24) is 19.8 Å². The maximum atomic E-state index is 12.0. The number of piperazine rings is 1. The van der Waals surface area contributed by atoms with Crippen molar-refractivity contribution in [2.75, 3.05) is 46.8 Å². The maximum absolute atomic E-state index is 12.0. The lowest BCUT2D eigenvalue weighted by atomic mass is 9.84. The van der Waals surface area contributed by atoms with Crippen molar-refractivity contribution in [2.24, 2.45) is 16.5 Å². The van der Waals surface area contributed by atoms with Crippen LogP contribution in [0.4, 0.5) is 4.79 Å². The minimum absolute atomic E-state index is 0.0733. The fourth-order valence-corrected chi connectivity index (χ4v) is 3.55. The average Bonchev–Trinajstić information content (AvgIpc) is 2.62. The Morgan fingerprint density at radius 2 is 1.67 bits per heavy atom. The highest BCUT2D eigenvalue weighted by molar-refractivity contribution is 5.73. The van der Waals surface area contributed by atoms with Gasteiger partial charge in [-0.15, -0.1) is 9.81 Å². The van der Waals surface area contributed by atoms with Gasteiger partial charge in [-0.25, -0.2) is 4.79 Å². The van der Waals surface area contributed by atoms with Crippen LogP contribution >= 0.6 is 0 Å². The van der Waals surface area contributed by atoms with Crippen LogP contribution < -0.4 is 0 Å². The molecule has 2 aliphatic rings. The van der Waals surface area contributed by atoms with Gasteiger partial charge < -0.3 is 4.90 Å². The molecule has 2 rings (SSSR count). The van der Waals surface area contributed by atoms with E-state index < -0.39 is 0 Å². The summed E-state index contributed by atoms with van der Waals surface area (Å²) in [6.45, 7) is 4.24.